The van der Waals surface area contributed by atoms with E-state index in [2.05, 4.69) is 237 Å². The van der Waals surface area contributed by atoms with Gasteiger partial charge < -0.3 is 9.13 Å². The van der Waals surface area contributed by atoms with Crippen LogP contribution >= 0.6 is 0 Å². The van der Waals surface area contributed by atoms with Crippen LogP contribution in [0.15, 0.2) is 255 Å². The second kappa shape index (κ2) is 16.0. The first-order chi connectivity index (χ1) is 35.7. The monoisotopic (exact) mass is 914 g/mol. The number of benzene rings is 11. The highest BCUT2D eigenvalue weighted by atomic mass is 15.0. The molecule has 0 bridgehead atoms. The number of pyridine rings is 2. The summed E-state index contributed by atoms with van der Waals surface area (Å²) < 4.78 is 4.86. The van der Waals surface area contributed by atoms with E-state index in [0.717, 1.165) is 33.6 Å². The Morgan fingerprint density at radius 3 is 1.06 bits per heavy atom. The molecule has 0 aliphatic rings. The number of fused-ring (bicyclic) bond motifs is 12. The maximum atomic E-state index is 4.42. The van der Waals surface area contributed by atoms with Crippen molar-refractivity contribution in [3.8, 4) is 55.9 Å². The van der Waals surface area contributed by atoms with Crippen molar-refractivity contribution in [2.75, 3.05) is 0 Å². The first-order valence-corrected chi connectivity index (χ1v) is 24.6. The van der Waals surface area contributed by atoms with Gasteiger partial charge in [-0.2, -0.15) is 0 Å². The molecule has 0 amide bonds. The highest BCUT2D eigenvalue weighted by molar-refractivity contribution is 6.27. The average molecular weight is 915 g/mol. The molecule has 0 spiro atoms. The third-order valence-electron chi connectivity index (χ3n) is 15.0. The van der Waals surface area contributed by atoms with Crippen LogP contribution in [0.2, 0.25) is 0 Å². The lowest BCUT2D eigenvalue weighted by molar-refractivity contribution is 1.18. The molecule has 0 fully saturated rings. The highest BCUT2D eigenvalue weighted by Gasteiger charge is 2.21. The first kappa shape index (κ1) is 40.3. The molecule has 0 aliphatic carbocycles. The van der Waals surface area contributed by atoms with E-state index < -0.39 is 0 Å². The summed E-state index contributed by atoms with van der Waals surface area (Å²) in [4.78, 5) is 8.84. The van der Waals surface area contributed by atoms with Gasteiger partial charge in [0.1, 0.15) is 0 Å². The summed E-state index contributed by atoms with van der Waals surface area (Å²) in [6, 6.07) is 85.2. The average Bonchev–Trinajstić information content (AvgIpc) is 3.96. The Bertz CT molecular complexity index is 4320. The molecule has 0 atom stereocenters. The molecular formula is C68H42N4. The van der Waals surface area contributed by atoms with Crippen molar-refractivity contribution < 1.29 is 0 Å². The molecule has 72 heavy (non-hydrogen) atoms. The van der Waals surface area contributed by atoms with E-state index >= 15 is 0 Å². The van der Waals surface area contributed by atoms with Crippen molar-refractivity contribution in [3.63, 3.8) is 0 Å². The number of nitrogens with zero attached hydrogens (tertiary/aromatic N) is 4. The fourth-order valence-electron chi connectivity index (χ4n) is 11.7. The second-order valence-corrected chi connectivity index (χ2v) is 19.0. The van der Waals surface area contributed by atoms with Crippen LogP contribution in [0.1, 0.15) is 0 Å². The van der Waals surface area contributed by atoms with Crippen LogP contribution < -0.4 is 0 Å². The van der Waals surface area contributed by atoms with Gasteiger partial charge in [-0.15, -0.1) is 0 Å². The van der Waals surface area contributed by atoms with Gasteiger partial charge in [0, 0.05) is 57.7 Å². The lowest BCUT2D eigenvalue weighted by Crippen LogP contribution is -1.94. The van der Waals surface area contributed by atoms with E-state index in [0.29, 0.717) is 0 Å². The molecule has 4 aromatic heterocycles. The number of hydrogen-bond acceptors (Lipinski definition) is 2. The van der Waals surface area contributed by atoms with Crippen molar-refractivity contribution in [3.05, 3.63) is 255 Å². The molecular weight excluding hydrogens is 873 g/mol. The molecule has 0 saturated heterocycles. The minimum Gasteiger partial charge on any atom is -0.309 e. The molecule has 0 N–H and O–H groups in total. The maximum absolute atomic E-state index is 4.42. The third kappa shape index (κ3) is 6.26. The van der Waals surface area contributed by atoms with E-state index in [-0.39, 0.29) is 0 Å². The lowest BCUT2D eigenvalue weighted by atomic mass is 9.87. The summed E-state index contributed by atoms with van der Waals surface area (Å²) in [5.41, 5.74) is 16.3. The molecule has 0 saturated carbocycles. The van der Waals surface area contributed by atoms with Crippen LogP contribution in [-0.4, -0.2) is 19.1 Å². The number of hydrogen-bond donors (Lipinski definition) is 0. The lowest BCUT2D eigenvalue weighted by Gasteiger charge is -2.17. The zero-order valence-corrected chi connectivity index (χ0v) is 39.0. The largest absolute Gasteiger partial charge is 0.309 e. The van der Waals surface area contributed by atoms with Crippen molar-refractivity contribution in [2.24, 2.45) is 0 Å². The van der Waals surface area contributed by atoms with E-state index in [1.165, 1.54) is 109 Å². The van der Waals surface area contributed by atoms with Crippen LogP contribution in [0.3, 0.4) is 0 Å². The van der Waals surface area contributed by atoms with Gasteiger partial charge in [0.05, 0.1) is 22.1 Å². The van der Waals surface area contributed by atoms with Gasteiger partial charge in [-0.3, -0.25) is 9.97 Å². The molecule has 4 heterocycles. The van der Waals surface area contributed by atoms with E-state index in [1.807, 2.05) is 36.9 Å². The maximum Gasteiger partial charge on any atom is 0.0547 e. The first-order valence-electron chi connectivity index (χ1n) is 24.6. The Hall–Kier alpha value is -9.64. The van der Waals surface area contributed by atoms with Crippen molar-refractivity contribution in [1.82, 2.24) is 19.1 Å². The van der Waals surface area contributed by atoms with Crippen molar-refractivity contribution in [2.45, 2.75) is 0 Å². The van der Waals surface area contributed by atoms with Crippen LogP contribution in [0, 0.1) is 0 Å². The van der Waals surface area contributed by atoms with Gasteiger partial charge in [-0.25, -0.2) is 0 Å². The van der Waals surface area contributed by atoms with Crippen LogP contribution in [0.25, 0.3) is 143 Å². The molecule has 0 unspecified atom stereocenters. The second-order valence-electron chi connectivity index (χ2n) is 19.0. The Kier molecular flexibility index (Phi) is 8.92. The zero-order valence-electron chi connectivity index (χ0n) is 39.0. The minimum atomic E-state index is 1.10. The Balaban J connectivity index is 1.05. The number of aromatic nitrogens is 4. The quantitative estimate of drug-likeness (QED) is 0.123. The molecule has 4 heteroatoms. The van der Waals surface area contributed by atoms with E-state index in [4.69, 9.17) is 0 Å². The molecule has 0 radical (unpaired) electrons. The standard InChI is InChI=1S/C68H42N4/c1-3-15-51(16-4-1)71-65-21-9-7-19-53(65)63-37-59-57-35-50-34-56(46-29-25-44(26-30-46)48-14-12-32-70-42-48)62-40-68-64(54-20-8-10-22-66(54)72(68)52-17-5-2-6-18-52)38-60(62)58(50)36-49(57)33-55(61(59)39-67(63)71)45-27-23-43(24-28-45)47-13-11-31-69-41-47/h1-42H. The van der Waals surface area contributed by atoms with Gasteiger partial charge in [-0.1, -0.05) is 133 Å². The van der Waals surface area contributed by atoms with Crippen molar-refractivity contribution in [1.29, 1.82) is 0 Å². The molecule has 4 nitrogen and oxygen atoms in total. The highest BCUT2D eigenvalue weighted by Crippen LogP contribution is 2.46. The predicted octanol–water partition coefficient (Wildman–Crippen LogP) is 18.0. The molecule has 11 aromatic carbocycles. The Morgan fingerprint density at radius 1 is 0.236 bits per heavy atom. The van der Waals surface area contributed by atoms with Gasteiger partial charge in [0.15, 0.2) is 0 Å². The summed E-state index contributed by atoms with van der Waals surface area (Å²) in [5.74, 6) is 0. The fraction of sp³-hybridized carbons (Fsp3) is 0. The summed E-state index contributed by atoms with van der Waals surface area (Å²) in [7, 11) is 0. The minimum absolute atomic E-state index is 1.10. The molecule has 15 aromatic rings. The normalized spacial score (nSPS) is 11.9. The smallest absolute Gasteiger partial charge is 0.0547 e. The van der Waals surface area contributed by atoms with E-state index in [9.17, 15) is 0 Å². The third-order valence-corrected chi connectivity index (χ3v) is 15.0. The van der Waals surface area contributed by atoms with Crippen LogP contribution in [-0.2, 0) is 0 Å². The van der Waals surface area contributed by atoms with E-state index in [1.54, 1.807) is 0 Å². The summed E-state index contributed by atoms with van der Waals surface area (Å²) in [6.07, 6.45) is 7.53. The van der Waals surface area contributed by atoms with Gasteiger partial charge in [0.25, 0.3) is 0 Å². The fourth-order valence-corrected chi connectivity index (χ4v) is 11.7. The summed E-state index contributed by atoms with van der Waals surface area (Å²) in [5, 5.41) is 14.7. The van der Waals surface area contributed by atoms with Crippen LogP contribution in [0.5, 0.6) is 0 Å². The SMILES string of the molecule is c1ccc(-n2c3ccccc3c3cc4c(cc32)c(-c2ccc(-c3cccnc3)cc2)cc2cc3c(cc(-c5ccc(-c6cccnc6)cc5)c5cc6c(cc53)c3ccccc3n6-c3ccccc3)cc24)cc1. The van der Waals surface area contributed by atoms with Crippen LogP contribution in [0.4, 0.5) is 0 Å². The van der Waals surface area contributed by atoms with Crippen molar-refractivity contribution >= 4 is 86.7 Å². The predicted molar refractivity (Wildman–Crippen MR) is 302 cm³/mol. The zero-order chi connectivity index (χ0) is 47.3. The molecule has 334 valence electrons. The topological polar surface area (TPSA) is 35.6 Å². The van der Waals surface area contributed by atoms with Gasteiger partial charge in [0.2, 0.25) is 0 Å². The Labute approximate surface area is 415 Å². The Morgan fingerprint density at radius 2 is 0.639 bits per heavy atom. The molecule has 0 aliphatic heterocycles. The number of para-hydroxylation sites is 4. The number of rotatable bonds is 6. The summed E-state index contributed by atoms with van der Waals surface area (Å²) in [6.45, 7) is 0. The summed E-state index contributed by atoms with van der Waals surface area (Å²) >= 11 is 0. The molecule has 15 rings (SSSR count). The van der Waals surface area contributed by atoms with Gasteiger partial charge in [-0.05, 0) is 185 Å². The van der Waals surface area contributed by atoms with Gasteiger partial charge >= 0.3 is 0 Å².